The van der Waals surface area contributed by atoms with Gasteiger partial charge >= 0.3 is 0 Å². The fourth-order valence-corrected chi connectivity index (χ4v) is 5.09. The van der Waals surface area contributed by atoms with Gasteiger partial charge in [0.1, 0.15) is 0 Å². The molecule has 2 aromatic rings. The standard InChI is InChI=1S/C22H31N5O3/c1-14(2)27-20-6-4-3-5-19(20)21(25-27)22(30)24-15-9-16-7-8-17(10-15)26(16)12-18(29)11-23-13-28/h3-6,13-18,29H,7-12H2,1-2H3,(H,23,28)(H,24,30)/t16-,17-,18?/m0/s1. The van der Waals surface area contributed by atoms with Crippen molar-refractivity contribution in [1.29, 1.82) is 0 Å². The van der Waals surface area contributed by atoms with Gasteiger partial charge in [-0.05, 0) is 45.6 Å². The Morgan fingerprint density at radius 3 is 2.63 bits per heavy atom. The van der Waals surface area contributed by atoms with E-state index in [0.29, 0.717) is 30.7 Å². The third-order valence-electron chi connectivity index (χ3n) is 6.40. The van der Waals surface area contributed by atoms with Crippen LogP contribution in [0, 0.1) is 0 Å². The number of para-hydroxylation sites is 1. The van der Waals surface area contributed by atoms with Gasteiger partial charge in [0, 0.05) is 42.6 Å². The number of carbonyl (C=O) groups is 2. The quantitative estimate of drug-likeness (QED) is 0.569. The van der Waals surface area contributed by atoms with E-state index in [1.807, 2.05) is 28.9 Å². The maximum atomic E-state index is 13.1. The average Bonchev–Trinajstić information content (AvgIpc) is 3.21. The number of aliphatic hydroxyl groups is 1. The number of piperidine rings is 1. The van der Waals surface area contributed by atoms with Gasteiger partial charge in [0.25, 0.3) is 5.91 Å². The lowest BCUT2D eigenvalue weighted by molar-refractivity contribution is -0.110. The number of aromatic nitrogens is 2. The summed E-state index contributed by atoms with van der Waals surface area (Å²) in [5.74, 6) is -0.112. The van der Waals surface area contributed by atoms with Gasteiger partial charge in [-0.3, -0.25) is 19.2 Å². The maximum Gasteiger partial charge on any atom is 0.272 e. The molecule has 30 heavy (non-hydrogen) atoms. The number of carbonyl (C=O) groups excluding carboxylic acids is 2. The summed E-state index contributed by atoms with van der Waals surface area (Å²) >= 11 is 0. The SMILES string of the molecule is CC(C)n1nc(C(=O)NC2C[C@@H]3CC[C@@H](C2)N3CC(O)CNC=O)c2ccccc21. The molecule has 0 spiro atoms. The van der Waals surface area contributed by atoms with Crippen LogP contribution < -0.4 is 10.6 Å². The van der Waals surface area contributed by atoms with Gasteiger partial charge in [0.05, 0.1) is 11.6 Å². The number of fused-ring (bicyclic) bond motifs is 3. The number of hydrogen-bond acceptors (Lipinski definition) is 5. The van der Waals surface area contributed by atoms with Crippen molar-refractivity contribution in [3.05, 3.63) is 30.0 Å². The summed E-state index contributed by atoms with van der Waals surface area (Å²) in [5, 5.41) is 21.4. The molecule has 2 bridgehead atoms. The number of aliphatic hydroxyl groups excluding tert-OH is 1. The average molecular weight is 414 g/mol. The Morgan fingerprint density at radius 2 is 1.97 bits per heavy atom. The first-order valence-corrected chi connectivity index (χ1v) is 10.9. The van der Waals surface area contributed by atoms with Gasteiger partial charge in [-0.15, -0.1) is 0 Å². The van der Waals surface area contributed by atoms with Crippen molar-refractivity contribution in [2.45, 2.75) is 69.8 Å². The molecule has 0 saturated carbocycles. The lowest BCUT2D eigenvalue weighted by atomic mass is 9.96. The van der Waals surface area contributed by atoms with Crippen molar-refractivity contribution in [3.63, 3.8) is 0 Å². The van der Waals surface area contributed by atoms with Crippen molar-refractivity contribution in [2.24, 2.45) is 0 Å². The summed E-state index contributed by atoms with van der Waals surface area (Å²) in [7, 11) is 0. The van der Waals surface area contributed by atoms with E-state index < -0.39 is 6.10 Å². The van der Waals surface area contributed by atoms with E-state index in [9.17, 15) is 14.7 Å². The van der Waals surface area contributed by atoms with Crippen LogP contribution >= 0.6 is 0 Å². The Bertz CT molecular complexity index is 897. The number of benzene rings is 1. The summed E-state index contributed by atoms with van der Waals surface area (Å²) in [6.45, 7) is 4.95. The highest BCUT2D eigenvalue weighted by Crippen LogP contribution is 2.36. The van der Waals surface area contributed by atoms with Gasteiger partial charge in [-0.25, -0.2) is 0 Å². The molecule has 162 valence electrons. The lowest BCUT2D eigenvalue weighted by Gasteiger charge is -2.40. The van der Waals surface area contributed by atoms with Crippen molar-refractivity contribution >= 4 is 23.2 Å². The number of nitrogens with one attached hydrogen (secondary N) is 2. The van der Waals surface area contributed by atoms with Gasteiger partial charge < -0.3 is 15.7 Å². The number of nitrogens with zero attached hydrogens (tertiary/aromatic N) is 3. The number of rotatable bonds is 8. The monoisotopic (exact) mass is 413 g/mol. The Hall–Kier alpha value is -2.45. The van der Waals surface area contributed by atoms with E-state index in [1.54, 1.807) is 0 Å². The molecule has 2 aliphatic heterocycles. The smallest absolute Gasteiger partial charge is 0.272 e. The van der Waals surface area contributed by atoms with Crippen LogP contribution in [0.15, 0.2) is 24.3 Å². The summed E-state index contributed by atoms with van der Waals surface area (Å²) in [5.41, 5.74) is 1.47. The second-order valence-electron chi connectivity index (χ2n) is 8.81. The second kappa shape index (κ2) is 8.73. The first-order valence-electron chi connectivity index (χ1n) is 10.9. The topological polar surface area (TPSA) is 99.5 Å². The molecule has 4 rings (SSSR count). The Morgan fingerprint density at radius 1 is 1.27 bits per heavy atom. The Balaban J connectivity index is 1.43. The molecular formula is C22H31N5O3. The third kappa shape index (κ3) is 4.06. The molecule has 8 nitrogen and oxygen atoms in total. The summed E-state index contributed by atoms with van der Waals surface area (Å²) in [4.78, 5) is 25.9. The Kier molecular flexibility index (Phi) is 6.06. The molecule has 3 heterocycles. The van der Waals surface area contributed by atoms with Crippen LogP contribution in [-0.4, -0.2) is 69.4 Å². The van der Waals surface area contributed by atoms with Gasteiger partial charge in [0.2, 0.25) is 6.41 Å². The van der Waals surface area contributed by atoms with Crippen molar-refractivity contribution < 1.29 is 14.7 Å². The minimum atomic E-state index is -0.573. The van der Waals surface area contributed by atoms with Crippen molar-refractivity contribution in [1.82, 2.24) is 25.3 Å². The van der Waals surface area contributed by atoms with Crippen LogP contribution in [0.4, 0.5) is 0 Å². The van der Waals surface area contributed by atoms with Gasteiger partial charge in [-0.2, -0.15) is 5.10 Å². The fraction of sp³-hybridized carbons (Fsp3) is 0.591. The van der Waals surface area contributed by atoms with Crippen LogP contribution in [0.2, 0.25) is 0 Å². The van der Waals surface area contributed by atoms with E-state index in [-0.39, 0.29) is 24.5 Å². The van der Waals surface area contributed by atoms with Crippen LogP contribution in [0.1, 0.15) is 56.1 Å². The Labute approximate surface area is 176 Å². The largest absolute Gasteiger partial charge is 0.390 e. The molecule has 1 aromatic carbocycles. The lowest BCUT2D eigenvalue weighted by Crippen LogP contribution is -2.53. The molecule has 0 aliphatic carbocycles. The molecule has 3 atom stereocenters. The fourth-order valence-electron chi connectivity index (χ4n) is 5.09. The predicted molar refractivity (Wildman–Crippen MR) is 114 cm³/mol. The highest BCUT2D eigenvalue weighted by atomic mass is 16.3. The maximum absolute atomic E-state index is 13.1. The molecule has 3 N–H and O–H groups in total. The molecule has 1 aromatic heterocycles. The summed E-state index contributed by atoms with van der Waals surface area (Å²) < 4.78 is 1.91. The van der Waals surface area contributed by atoms with Crippen LogP contribution in [-0.2, 0) is 4.79 Å². The molecule has 2 amide bonds. The second-order valence-corrected chi connectivity index (χ2v) is 8.81. The van der Waals surface area contributed by atoms with E-state index >= 15 is 0 Å². The zero-order valence-corrected chi connectivity index (χ0v) is 17.6. The van der Waals surface area contributed by atoms with Crippen LogP contribution in [0.5, 0.6) is 0 Å². The zero-order chi connectivity index (χ0) is 21.3. The minimum absolute atomic E-state index is 0.111. The molecule has 2 fully saturated rings. The van der Waals surface area contributed by atoms with E-state index in [0.717, 1.165) is 36.6 Å². The molecular weight excluding hydrogens is 382 g/mol. The molecule has 8 heteroatoms. The summed E-state index contributed by atoms with van der Waals surface area (Å²) in [6.07, 6.45) is 3.95. The predicted octanol–water partition coefficient (Wildman–Crippen LogP) is 1.45. The normalized spacial score (nSPS) is 24.9. The molecule has 2 aliphatic rings. The van der Waals surface area contributed by atoms with E-state index in [4.69, 9.17) is 0 Å². The first kappa shape index (κ1) is 20.8. The molecule has 0 radical (unpaired) electrons. The third-order valence-corrected chi connectivity index (χ3v) is 6.40. The van der Waals surface area contributed by atoms with E-state index in [2.05, 4.69) is 34.5 Å². The zero-order valence-electron chi connectivity index (χ0n) is 17.6. The van der Waals surface area contributed by atoms with Gasteiger partial charge in [-0.1, -0.05) is 18.2 Å². The van der Waals surface area contributed by atoms with Crippen molar-refractivity contribution in [3.8, 4) is 0 Å². The minimum Gasteiger partial charge on any atom is -0.390 e. The summed E-state index contributed by atoms with van der Waals surface area (Å²) in [6, 6.07) is 8.86. The molecule has 1 unspecified atom stereocenters. The van der Waals surface area contributed by atoms with Crippen LogP contribution in [0.25, 0.3) is 10.9 Å². The van der Waals surface area contributed by atoms with Crippen molar-refractivity contribution in [2.75, 3.05) is 13.1 Å². The highest BCUT2D eigenvalue weighted by Gasteiger charge is 2.41. The molecule has 2 saturated heterocycles. The van der Waals surface area contributed by atoms with Gasteiger partial charge in [0.15, 0.2) is 5.69 Å². The highest BCUT2D eigenvalue weighted by molar-refractivity contribution is 6.05. The van der Waals surface area contributed by atoms with E-state index in [1.165, 1.54) is 0 Å². The van der Waals surface area contributed by atoms with Crippen LogP contribution in [0.3, 0.4) is 0 Å². The first-order chi connectivity index (χ1) is 14.5. The number of hydrogen-bond donors (Lipinski definition) is 3. The number of amides is 2.